The van der Waals surface area contributed by atoms with Crippen molar-refractivity contribution in [3.05, 3.63) is 11.6 Å². The Bertz CT molecular complexity index is 291. The van der Waals surface area contributed by atoms with E-state index in [9.17, 15) is 22.4 Å². The largest absolute Gasteiger partial charge is 0.383 e. The van der Waals surface area contributed by atoms with E-state index in [-0.39, 0.29) is 6.54 Å². The number of hydrogen-bond donors (Lipinski definition) is 2. The van der Waals surface area contributed by atoms with Crippen LogP contribution in [0.3, 0.4) is 0 Å². The second-order valence-electron chi connectivity index (χ2n) is 3.42. The van der Waals surface area contributed by atoms with Gasteiger partial charge in [-0.15, -0.1) is 0 Å². The molecule has 0 aromatic carbocycles. The fraction of sp³-hybridized carbons (Fsp3) is 0.667. The van der Waals surface area contributed by atoms with E-state index < -0.39 is 18.3 Å². The highest BCUT2D eigenvalue weighted by Crippen LogP contribution is 2.22. The molecule has 0 bridgehead atoms. The summed E-state index contributed by atoms with van der Waals surface area (Å²) in [5, 5.41) is 4.80. The summed E-state index contributed by atoms with van der Waals surface area (Å²) in [6, 6.07) is 0. The molecule has 0 saturated carbocycles. The van der Waals surface area contributed by atoms with Gasteiger partial charge in [0, 0.05) is 13.1 Å². The van der Waals surface area contributed by atoms with Gasteiger partial charge in [-0.05, 0) is 13.0 Å². The molecule has 0 radical (unpaired) electrons. The SMILES string of the molecule is O=C(NCC1=CCNCC1)C(F)(F)C(F)F. The molecular weight excluding hydrogens is 228 g/mol. The Kier molecular flexibility index (Phi) is 4.28. The van der Waals surface area contributed by atoms with E-state index in [0.717, 1.165) is 5.57 Å². The molecule has 0 aromatic rings. The van der Waals surface area contributed by atoms with E-state index in [2.05, 4.69) is 5.32 Å². The molecule has 0 saturated heterocycles. The summed E-state index contributed by atoms with van der Waals surface area (Å²) >= 11 is 0. The highest BCUT2D eigenvalue weighted by molar-refractivity contribution is 5.84. The molecule has 1 amide bonds. The third-order valence-corrected chi connectivity index (χ3v) is 2.21. The van der Waals surface area contributed by atoms with Crippen LogP contribution in [0.2, 0.25) is 0 Å². The minimum absolute atomic E-state index is 0.108. The van der Waals surface area contributed by atoms with Gasteiger partial charge in [-0.25, -0.2) is 8.78 Å². The summed E-state index contributed by atoms with van der Waals surface area (Å²) < 4.78 is 48.6. The molecule has 0 fully saturated rings. The lowest BCUT2D eigenvalue weighted by Crippen LogP contribution is -2.46. The minimum Gasteiger partial charge on any atom is -0.347 e. The maximum atomic E-state index is 12.5. The first kappa shape index (κ1) is 13.0. The normalized spacial score (nSPS) is 17.2. The number of rotatable bonds is 4. The first-order valence-electron chi connectivity index (χ1n) is 4.77. The van der Waals surface area contributed by atoms with Crippen LogP contribution >= 0.6 is 0 Å². The number of alkyl halides is 4. The van der Waals surface area contributed by atoms with Crippen molar-refractivity contribution in [1.82, 2.24) is 10.6 Å². The van der Waals surface area contributed by atoms with Crippen molar-refractivity contribution in [2.75, 3.05) is 19.6 Å². The summed E-state index contributed by atoms with van der Waals surface area (Å²) in [6.07, 6.45) is -1.63. The van der Waals surface area contributed by atoms with Crippen LogP contribution in [0, 0.1) is 0 Å². The Labute approximate surface area is 89.9 Å². The maximum absolute atomic E-state index is 12.5. The molecule has 0 aromatic heterocycles. The van der Waals surface area contributed by atoms with Gasteiger partial charge < -0.3 is 10.6 Å². The number of hydrogen-bond acceptors (Lipinski definition) is 2. The Hall–Kier alpha value is -1.11. The van der Waals surface area contributed by atoms with E-state index in [0.29, 0.717) is 19.5 Å². The van der Waals surface area contributed by atoms with Crippen LogP contribution in [-0.4, -0.2) is 37.9 Å². The third-order valence-electron chi connectivity index (χ3n) is 2.21. The van der Waals surface area contributed by atoms with Crippen molar-refractivity contribution in [3.8, 4) is 0 Å². The van der Waals surface area contributed by atoms with E-state index in [1.54, 1.807) is 6.08 Å². The van der Waals surface area contributed by atoms with Crippen molar-refractivity contribution in [2.24, 2.45) is 0 Å². The zero-order valence-corrected chi connectivity index (χ0v) is 8.40. The molecule has 3 nitrogen and oxygen atoms in total. The molecule has 1 heterocycles. The molecule has 0 atom stereocenters. The van der Waals surface area contributed by atoms with Crippen LogP contribution in [0.1, 0.15) is 6.42 Å². The van der Waals surface area contributed by atoms with Gasteiger partial charge in [0.05, 0.1) is 0 Å². The molecular formula is C9H12F4N2O. The third kappa shape index (κ3) is 3.19. The van der Waals surface area contributed by atoms with E-state index in [1.165, 1.54) is 0 Å². The molecule has 7 heteroatoms. The second-order valence-corrected chi connectivity index (χ2v) is 3.42. The van der Waals surface area contributed by atoms with E-state index in [1.807, 2.05) is 5.32 Å². The number of amides is 1. The first-order valence-corrected chi connectivity index (χ1v) is 4.77. The van der Waals surface area contributed by atoms with Crippen LogP contribution in [0.4, 0.5) is 17.6 Å². The first-order chi connectivity index (χ1) is 7.44. The standard InChI is InChI=1S/C9H12F4N2O/c10-7(11)9(12,13)8(16)15-5-6-1-3-14-4-2-6/h1,7,14H,2-5H2,(H,15,16). The highest BCUT2D eigenvalue weighted by atomic mass is 19.3. The van der Waals surface area contributed by atoms with Crippen molar-refractivity contribution in [2.45, 2.75) is 18.8 Å². The van der Waals surface area contributed by atoms with Crippen molar-refractivity contribution >= 4 is 5.91 Å². The van der Waals surface area contributed by atoms with Crippen LogP contribution in [0.15, 0.2) is 11.6 Å². The minimum atomic E-state index is -4.62. The fourth-order valence-electron chi connectivity index (χ4n) is 1.24. The summed E-state index contributed by atoms with van der Waals surface area (Å²) in [6.45, 7) is 1.17. The van der Waals surface area contributed by atoms with E-state index >= 15 is 0 Å². The van der Waals surface area contributed by atoms with Gasteiger partial charge in [-0.2, -0.15) is 8.78 Å². The lowest BCUT2D eigenvalue weighted by atomic mass is 10.1. The molecule has 1 rings (SSSR count). The van der Waals surface area contributed by atoms with E-state index in [4.69, 9.17) is 0 Å². The topological polar surface area (TPSA) is 41.1 Å². The molecule has 16 heavy (non-hydrogen) atoms. The molecule has 1 aliphatic heterocycles. The Balaban J connectivity index is 2.43. The van der Waals surface area contributed by atoms with Gasteiger partial charge >= 0.3 is 12.3 Å². The summed E-state index contributed by atoms with van der Waals surface area (Å²) in [4.78, 5) is 10.8. The van der Waals surface area contributed by atoms with Crippen LogP contribution in [-0.2, 0) is 4.79 Å². The van der Waals surface area contributed by atoms with Crippen LogP contribution < -0.4 is 10.6 Å². The van der Waals surface area contributed by atoms with Gasteiger partial charge in [-0.3, -0.25) is 4.79 Å². The summed E-state index contributed by atoms with van der Waals surface area (Å²) in [5.74, 6) is -6.55. The van der Waals surface area contributed by atoms with Gasteiger partial charge in [0.1, 0.15) is 0 Å². The zero-order chi connectivity index (χ0) is 12.2. The summed E-state index contributed by atoms with van der Waals surface area (Å²) in [5.41, 5.74) is 0.761. The number of halogens is 4. The molecule has 2 N–H and O–H groups in total. The zero-order valence-electron chi connectivity index (χ0n) is 8.40. The molecule has 0 unspecified atom stereocenters. The van der Waals surface area contributed by atoms with Crippen molar-refractivity contribution in [3.63, 3.8) is 0 Å². The molecule has 92 valence electrons. The predicted molar refractivity (Wildman–Crippen MR) is 49.5 cm³/mol. The Morgan fingerprint density at radius 1 is 1.56 bits per heavy atom. The van der Waals surface area contributed by atoms with Gasteiger partial charge in [0.2, 0.25) is 0 Å². The number of nitrogens with one attached hydrogen (secondary N) is 2. The van der Waals surface area contributed by atoms with Crippen LogP contribution in [0.5, 0.6) is 0 Å². The second kappa shape index (κ2) is 5.29. The molecule has 0 spiro atoms. The lowest BCUT2D eigenvalue weighted by molar-refractivity contribution is -0.169. The highest BCUT2D eigenvalue weighted by Gasteiger charge is 2.48. The number of carbonyl (C=O) groups is 1. The average molecular weight is 240 g/mol. The number of carbonyl (C=O) groups excluding carboxylic acids is 1. The smallest absolute Gasteiger partial charge is 0.347 e. The maximum Gasteiger partial charge on any atom is 0.383 e. The van der Waals surface area contributed by atoms with Gasteiger partial charge in [0.15, 0.2) is 0 Å². The Morgan fingerprint density at radius 3 is 2.75 bits per heavy atom. The van der Waals surface area contributed by atoms with Gasteiger partial charge in [-0.1, -0.05) is 11.6 Å². The fourth-order valence-corrected chi connectivity index (χ4v) is 1.24. The molecule has 1 aliphatic rings. The van der Waals surface area contributed by atoms with Crippen LogP contribution in [0.25, 0.3) is 0 Å². The lowest BCUT2D eigenvalue weighted by Gasteiger charge is -2.17. The summed E-state index contributed by atoms with van der Waals surface area (Å²) in [7, 11) is 0. The Morgan fingerprint density at radius 2 is 2.25 bits per heavy atom. The quantitative estimate of drug-likeness (QED) is 0.566. The average Bonchev–Trinajstić information content (AvgIpc) is 2.27. The molecule has 0 aliphatic carbocycles. The predicted octanol–water partition coefficient (Wildman–Crippen LogP) is 0.923. The monoisotopic (exact) mass is 240 g/mol. The van der Waals surface area contributed by atoms with Gasteiger partial charge in [0.25, 0.3) is 5.91 Å². The van der Waals surface area contributed by atoms with Crippen molar-refractivity contribution < 1.29 is 22.4 Å². The van der Waals surface area contributed by atoms with Crippen molar-refractivity contribution in [1.29, 1.82) is 0 Å².